The Balaban J connectivity index is -0.0000000150. The molecule has 0 aromatic rings. The average molecular weight is 179 g/mol. The molecule has 0 aromatic carbocycles. The second kappa shape index (κ2) is 25.2. The van der Waals surface area contributed by atoms with Crippen LogP contribution in [0.5, 0.6) is 0 Å². The Morgan fingerprint density at radius 2 is 1.43 bits per heavy atom. The van der Waals surface area contributed by atoms with Crippen molar-refractivity contribution in [2.24, 2.45) is 0 Å². The number of hydrogen-bond donors (Lipinski definition) is 1. The maximum atomic E-state index is 9.05. The molecule has 0 fully saturated rings. The Morgan fingerprint density at radius 3 is 1.43 bits per heavy atom. The van der Waals surface area contributed by atoms with Gasteiger partial charge in [0.25, 0.3) is 0 Å². The van der Waals surface area contributed by atoms with Crippen LogP contribution in [0.1, 0.15) is 14.9 Å². The van der Waals surface area contributed by atoms with Gasteiger partial charge >= 0.3 is 58.2 Å². The molecule has 7 heavy (non-hydrogen) atoms. The number of hydrogen-bond acceptors (Lipinski definition) is 2. The Kier molecular flexibility index (Phi) is 83.9. The third-order valence-corrected chi connectivity index (χ3v) is 0.0913. The van der Waals surface area contributed by atoms with E-state index in [0.717, 1.165) is 0 Å². The van der Waals surface area contributed by atoms with Crippen molar-refractivity contribution in [1.29, 1.82) is 0 Å². The van der Waals surface area contributed by atoms with Crippen LogP contribution in [-0.2, 0) is 0 Å². The Bertz CT molecular complexity index is 11.7. The summed E-state index contributed by atoms with van der Waals surface area (Å²) in [5, 5.41) is 16.6. The van der Waals surface area contributed by atoms with Gasteiger partial charge in [-0.1, -0.05) is 14.9 Å². The first-order valence-corrected chi connectivity index (χ1v) is 1.10. The van der Waals surface area contributed by atoms with Crippen LogP contribution >= 0.6 is 0 Å². The summed E-state index contributed by atoms with van der Waals surface area (Å²) in [4.78, 5) is 0. The van der Waals surface area contributed by atoms with Gasteiger partial charge in [0.2, 0.25) is 0 Å². The maximum Gasteiger partial charge on any atom is 1.00 e. The zero-order valence-electron chi connectivity index (χ0n) is 3.27. The summed E-state index contributed by atoms with van der Waals surface area (Å²) < 4.78 is 0. The van der Waals surface area contributed by atoms with Gasteiger partial charge < -0.3 is 10.2 Å². The van der Waals surface area contributed by atoms with Crippen molar-refractivity contribution in [3.05, 3.63) is 0 Å². The van der Waals surface area contributed by atoms with Crippen molar-refractivity contribution in [2.45, 2.75) is 14.9 Å². The second-order valence-electron chi connectivity index (χ2n) is 0.428. The Labute approximate surface area is 94.7 Å². The largest absolute Gasteiger partial charge is 1.00 e. The molecule has 0 bridgehead atoms. The molecule has 1 N–H and O–H groups in total. The fourth-order valence-corrected chi connectivity index (χ4v) is 0. The molecule has 0 atom stereocenters. The second-order valence-corrected chi connectivity index (χ2v) is 0.428. The van der Waals surface area contributed by atoms with Gasteiger partial charge in [0.15, 0.2) is 0 Å². The van der Waals surface area contributed by atoms with Crippen LogP contribution in [0.25, 0.3) is 0 Å². The van der Waals surface area contributed by atoms with Gasteiger partial charge in [-0.25, -0.2) is 0 Å². The minimum absolute atomic E-state index is 0. The van der Waals surface area contributed by atoms with E-state index < -0.39 is 0 Å². The van der Waals surface area contributed by atoms with Crippen LogP contribution in [0, 0.1) is 0 Å². The monoisotopic (exact) mass is 178 g/mol. The third kappa shape index (κ3) is 34.1. The summed E-state index contributed by atoms with van der Waals surface area (Å²) in [6, 6.07) is 0. The molecule has 0 aliphatic rings. The predicted molar refractivity (Wildman–Crippen MR) is 25.4 cm³/mol. The first-order chi connectivity index (χ1) is 1.91. The molecule has 42 valence electrons. The van der Waals surface area contributed by atoms with E-state index in [-0.39, 0.29) is 86.3 Å². The van der Waals surface area contributed by atoms with E-state index in [1.165, 1.54) is 0 Å². The Morgan fingerprint density at radius 1 is 1.29 bits per heavy atom. The van der Waals surface area contributed by atoms with Gasteiger partial charge in [-0.3, -0.25) is 0 Å². The smallest absolute Gasteiger partial charge is 0.853 e. The molecule has 0 saturated carbocycles. The fraction of sp³-hybridized carbons (Fsp3) is 1.00. The summed E-state index contributed by atoms with van der Waals surface area (Å²) in [6.07, 6.45) is 0. The van der Waals surface area contributed by atoms with Crippen LogP contribution in [0.15, 0.2) is 0 Å². The molecule has 0 rings (SSSR count). The molecule has 0 spiro atoms. The molecule has 2 nitrogen and oxygen atoms in total. The molecule has 0 amide bonds. The summed E-state index contributed by atoms with van der Waals surface area (Å²) in [5.74, 6) is 0. The minimum Gasteiger partial charge on any atom is -0.853 e. The number of rotatable bonds is 1. The van der Waals surface area contributed by atoms with Crippen LogP contribution in [0.2, 0.25) is 0 Å². The van der Waals surface area contributed by atoms with E-state index in [1.807, 2.05) is 0 Å². The summed E-state index contributed by atoms with van der Waals surface area (Å²) in [7, 11) is 0. The minimum atomic E-state index is -0.375. The maximum absolute atomic E-state index is 9.05. The van der Waals surface area contributed by atoms with Gasteiger partial charge in [-0.2, -0.15) is 0 Å². The topological polar surface area (TPSA) is 43.3 Å². The van der Waals surface area contributed by atoms with Gasteiger partial charge in [0.1, 0.15) is 0 Å². The molecule has 0 unspecified atom stereocenters. The number of aliphatic hydroxyl groups is 1. The van der Waals surface area contributed by atoms with Crippen molar-refractivity contribution in [3.8, 4) is 0 Å². The van der Waals surface area contributed by atoms with Gasteiger partial charge in [0.05, 0.1) is 0 Å². The van der Waals surface area contributed by atoms with Crippen molar-refractivity contribution in [1.82, 2.24) is 0 Å². The van der Waals surface area contributed by atoms with E-state index >= 15 is 0 Å². The molecule has 0 aliphatic heterocycles. The van der Waals surface area contributed by atoms with Crippen molar-refractivity contribution >= 4 is 0 Å². The molecule has 3 heteroatoms. The van der Waals surface area contributed by atoms with Gasteiger partial charge in [0, 0.05) is 6.61 Å². The van der Waals surface area contributed by atoms with Crippen LogP contribution in [0.3, 0.4) is 0 Å². The first kappa shape index (κ1) is 23.3. The molecular formula is C4H13O2Rb. The molecule has 0 radical (unpaired) electrons. The zero-order valence-corrected chi connectivity index (χ0v) is 8.19. The third-order valence-electron chi connectivity index (χ3n) is 0.0913. The van der Waals surface area contributed by atoms with Crippen molar-refractivity contribution in [2.75, 3.05) is 13.2 Å². The zero-order chi connectivity index (χ0) is 3.41. The molecule has 0 aliphatic carbocycles. The van der Waals surface area contributed by atoms with Crippen LogP contribution in [-0.4, -0.2) is 18.3 Å². The summed E-state index contributed by atoms with van der Waals surface area (Å²) >= 11 is 0. The fourth-order valence-electron chi connectivity index (χ4n) is 0. The Hall–Kier alpha value is 1.73. The van der Waals surface area contributed by atoms with E-state index in [2.05, 4.69) is 0 Å². The molecule has 0 aromatic heterocycles. The summed E-state index contributed by atoms with van der Waals surface area (Å²) in [5.41, 5.74) is 0. The van der Waals surface area contributed by atoms with E-state index in [1.54, 1.807) is 0 Å². The predicted octanol–water partition coefficient (Wildman–Crippen LogP) is -3.38. The van der Waals surface area contributed by atoms with Crippen LogP contribution < -0.4 is 63.3 Å². The van der Waals surface area contributed by atoms with Crippen molar-refractivity contribution in [3.63, 3.8) is 0 Å². The first-order valence-electron chi connectivity index (χ1n) is 1.10. The molecule has 0 heterocycles. The summed E-state index contributed by atoms with van der Waals surface area (Å²) in [6.45, 7) is -0.611. The van der Waals surface area contributed by atoms with E-state index in [4.69, 9.17) is 10.2 Å². The molecular weight excluding hydrogens is 166 g/mol. The van der Waals surface area contributed by atoms with Crippen molar-refractivity contribution < 1.29 is 68.4 Å². The van der Waals surface area contributed by atoms with Gasteiger partial charge in [-0.15, -0.1) is 6.61 Å². The number of aliphatic hydroxyl groups excluding tert-OH is 1. The normalized spacial score (nSPS) is 4.29. The average Bonchev–Trinajstić information content (AvgIpc) is 1.37. The van der Waals surface area contributed by atoms with Crippen LogP contribution in [0.4, 0.5) is 0 Å². The quantitative estimate of drug-likeness (QED) is 0.455. The van der Waals surface area contributed by atoms with E-state index in [9.17, 15) is 0 Å². The SMILES string of the molecule is C.C.[O-]CCO.[Rb+]. The molecule has 0 saturated heterocycles. The standard InChI is InChI=1S/C2H5O2.2CH4.Rb/c3-1-2-4;;;/h3H,1-2H2;2*1H4;/q-1;;;+1. The van der Waals surface area contributed by atoms with E-state index in [0.29, 0.717) is 0 Å². The van der Waals surface area contributed by atoms with Gasteiger partial charge in [-0.05, 0) is 0 Å².